The molecule has 0 aliphatic carbocycles. The summed E-state index contributed by atoms with van der Waals surface area (Å²) >= 11 is 11.8. The van der Waals surface area contributed by atoms with Crippen molar-refractivity contribution < 1.29 is 8.78 Å². The molecule has 0 heterocycles. The molecular weight excluding hydrogens is 303 g/mol. The molecule has 106 valence electrons. The van der Waals surface area contributed by atoms with Gasteiger partial charge in [-0.1, -0.05) is 23.2 Å². The molecule has 1 N–H and O–H groups in total. The lowest BCUT2D eigenvalue weighted by molar-refractivity contribution is 0.571. The predicted molar refractivity (Wildman–Crippen MR) is 79.6 cm³/mol. The first-order valence-corrected chi connectivity index (χ1v) is 6.80. The van der Waals surface area contributed by atoms with Crippen molar-refractivity contribution in [2.24, 2.45) is 0 Å². The Bertz CT molecular complexity index is 624. The van der Waals surface area contributed by atoms with E-state index in [9.17, 15) is 8.78 Å². The highest BCUT2D eigenvalue weighted by atomic mass is 35.5. The van der Waals surface area contributed by atoms with Crippen molar-refractivity contribution >= 4 is 28.9 Å². The Labute approximate surface area is 126 Å². The van der Waals surface area contributed by atoms with Crippen LogP contribution in [0.15, 0.2) is 30.3 Å². The Balaban J connectivity index is 2.28. The highest BCUT2D eigenvalue weighted by Gasteiger charge is 2.14. The summed E-state index contributed by atoms with van der Waals surface area (Å²) in [5, 5.41) is 4.00. The molecular formula is C15H13Cl2F2N. The van der Waals surface area contributed by atoms with E-state index in [0.717, 1.165) is 0 Å². The molecule has 2 rings (SSSR count). The summed E-state index contributed by atoms with van der Waals surface area (Å²) in [4.78, 5) is 0. The van der Waals surface area contributed by atoms with Gasteiger partial charge in [-0.15, -0.1) is 0 Å². The van der Waals surface area contributed by atoms with Crippen LogP contribution in [0.1, 0.15) is 24.1 Å². The van der Waals surface area contributed by atoms with E-state index >= 15 is 0 Å². The Morgan fingerprint density at radius 2 is 1.55 bits per heavy atom. The Morgan fingerprint density at radius 3 is 2.15 bits per heavy atom. The minimum absolute atomic E-state index is 0.254. The van der Waals surface area contributed by atoms with Crippen LogP contribution in [0.4, 0.5) is 14.5 Å². The molecule has 20 heavy (non-hydrogen) atoms. The van der Waals surface area contributed by atoms with Crippen molar-refractivity contribution in [3.8, 4) is 0 Å². The van der Waals surface area contributed by atoms with E-state index in [-0.39, 0.29) is 11.1 Å². The molecule has 1 nitrogen and oxygen atoms in total. The van der Waals surface area contributed by atoms with Gasteiger partial charge in [0, 0.05) is 21.3 Å². The van der Waals surface area contributed by atoms with E-state index < -0.39 is 17.7 Å². The lowest BCUT2D eigenvalue weighted by Crippen LogP contribution is -2.09. The smallest absolute Gasteiger partial charge is 0.128 e. The van der Waals surface area contributed by atoms with Crippen molar-refractivity contribution in [2.45, 2.75) is 19.9 Å². The van der Waals surface area contributed by atoms with E-state index in [1.807, 2.05) is 0 Å². The zero-order chi connectivity index (χ0) is 14.9. The third-order valence-electron chi connectivity index (χ3n) is 2.99. The number of nitrogens with one attached hydrogen (secondary N) is 1. The fourth-order valence-electron chi connectivity index (χ4n) is 1.96. The summed E-state index contributed by atoms with van der Waals surface area (Å²) in [6, 6.07) is 6.92. The average molecular weight is 316 g/mol. The van der Waals surface area contributed by atoms with Crippen LogP contribution >= 0.6 is 23.2 Å². The summed E-state index contributed by atoms with van der Waals surface area (Å²) in [5.74, 6) is -0.879. The van der Waals surface area contributed by atoms with Crippen LogP contribution in [-0.2, 0) is 0 Å². The van der Waals surface area contributed by atoms with E-state index in [1.165, 1.54) is 19.1 Å². The number of hydrogen-bond donors (Lipinski definition) is 1. The van der Waals surface area contributed by atoms with Gasteiger partial charge in [-0.3, -0.25) is 0 Å². The SMILES string of the molecule is Cc1cc(F)c(C(C)Nc2cc(Cl)cc(Cl)c2)cc1F. The molecule has 1 atom stereocenters. The number of rotatable bonds is 3. The van der Waals surface area contributed by atoms with Gasteiger partial charge in [-0.2, -0.15) is 0 Å². The standard InChI is InChI=1S/C15H13Cl2F2N/c1-8-3-15(19)13(7-14(8)18)9(2)20-12-5-10(16)4-11(17)6-12/h3-7,9,20H,1-2H3. The predicted octanol–water partition coefficient (Wildman–Crippen LogP) is 5.75. The van der Waals surface area contributed by atoms with Crippen LogP contribution in [-0.4, -0.2) is 0 Å². The normalized spacial score (nSPS) is 12.3. The summed E-state index contributed by atoms with van der Waals surface area (Å²) in [5.41, 5.74) is 1.18. The Hall–Kier alpha value is -1.32. The summed E-state index contributed by atoms with van der Waals surface area (Å²) < 4.78 is 27.4. The molecule has 0 saturated carbocycles. The molecule has 0 aliphatic rings. The van der Waals surface area contributed by atoms with Crippen LogP contribution < -0.4 is 5.32 Å². The Morgan fingerprint density at radius 1 is 0.950 bits per heavy atom. The maximum atomic E-state index is 13.9. The molecule has 5 heteroatoms. The van der Waals surface area contributed by atoms with Crippen LogP contribution in [0.25, 0.3) is 0 Å². The quantitative estimate of drug-likeness (QED) is 0.760. The van der Waals surface area contributed by atoms with Gasteiger partial charge in [0.05, 0.1) is 6.04 Å². The average Bonchev–Trinajstić information content (AvgIpc) is 2.32. The number of aryl methyl sites for hydroxylation is 1. The van der Waals surface area contributed by atoms with Crippen LogP contribution in [0.3, 0.4) is 0 Å². The van der Waals surface area contributed by atoms with E-state index in [0.29, 0.717) is 15.7 Å². The van der Waals surface area contributed by atoms with E-state index in [4.69, 9.17) is 23.2 Å². The minimum Gasteiger partial charge on any atom is -0.378 e. The molecule has 0 aliphatic heterocycles. The van der Waals surface area contributed by atoms with Crippen LogP contribution in [0.2, 0.25) is 10.0 Å². The summed E-state index contributed by atoms with van der Waals surface area (Å²) in [6.07, 6.45) is 0. The van der Waals surface area contributed by atoms with Gasteiger partial charge in [0.15, 0.2) is 0 Å². The first kappa shape index (κ1) is 15.1. The molecule has 2 aromatic carbocycles. The molecule has 0 saturated heterocycles. The van der Waals surface area contributed by atoms with Gasteiger partial charge in [0.1, 0.15) is 11.6 Å². The lowest BCUT2D eigenvalue weighted by Gasteiger charge is -2.17. The molecule has 0 aromatic heterocycles. The van der Waals surface area contributed by atoms with Crippen molar-refractivity contribution in [1.82, 2.24) is 0 Å². The second kappa shape index (κ2) is 5.98. The topological polar surface area (TPSA) is 12.0 Å². The van der Waals surface area contributed by atoms with E-state index in [1.54, 1.807) is 25.1 Å². The Kier molecular flexibility index (Phi) is 4.51. The largest absolute Gasteiger partial charge is 0.378 e. The lowest BCUT2D eigenvalue weighted by atomic mass is 10.0. The first-order chi connectivity index (χ1) is 9.36. The van der Waals surface area contributed by atoms with Gasteiger partial charge in [0.2, 0.25) is 0 Å². The first-order valence-electron chi connectivity index (χ1n) is 6.05. The third-order valence-corrected chi connectivity index (χ3v) is 3.43. The molecule has 0 amide bonds. The molecule has 0 radical (unpaired) electrons. The van der Waals surface area contributed by atoms with Crippen molar-refractivity contribution in [3.05, 3.63) is 63.1 Å². The second-order valence-corrected chi connectivity index (χ2v) is 5.52. The van der Waals surface area contributed by atoms with Gasteiger partial charge >= 0.3 is 0 Å². The highest BCUT2D eigenvalue weighted by molar-refractivity contribution is 6.35. The fraction of sp³-hybridized carbons (Fsp3) is 0.200. The highest BCUT2D eigenvalue weighted by Crippen LogP contribution is 2.27. The number of benzene rings is 2. The summed E-state index contributed by atoms with van der Waals surface area (Å²) in [6.45, 7) is 3.26. The van der Waals surface area contributed by atoms with Gasteiger partial charge in [-0.25, -0.2) is 8.78 Å². The number of halogens is 4. The fourth-order valence-corrected chi connectivity index (χ4v) is 2.48. The van der Waals surface area contributed by atoms with Gasteiger partial charge in [0.25, 0.3) is 0 Å². The second-order valence-electron chi connectivity index (χ2n) is 4.65. The zero-order valence-corrected chi connectivity index (χ0v) is 12.5. The molecule has 1 unspecified atom stereocenters. The van der Waals surface area contributed by atoms with Crippen molar-refractivity contribution in [2.75, 3.05) is 5.32 Å². The molecule has 2 aromatic rings. The molecule has 0 fully saturated rings. The maximum absolute atomic E-state index is 13.9. The van der Waals surface area contributed by atoms with Crippen molar-refractivity contribution in [3.63, 3.8) is 0 Å². The van der Waals surface area contributed by atoms with Crippen LogP contribution in [0.5, 0.6) is 0 Å². The van der Waals surface area contributed by atoms with Crippen LogP contribution in [0, 0.1) is 18.6 Å². The molecule has 0 spiro atoms. The molecule has 0 bridgehead atoms. The van der Waals surface area contributed by atoms with Gasteiger partial charge in [-0.05, 0) is 49.7 Å². The summed E-state index contributed by atoms with van der Waals surface area (Å²) in [7, 11) is 0. The number of anilines is 1. The van der Waals surface area contributed by atoms with Crippen molar-refractivity contribution in [1.29, 1.82) is 0 Å². The van der Waals surface area contributed by atoms with Gasteiger partial charge < -0.3 is 5.32 Å². The number of hydrogen-bond acceptors (Lipinski definition) is 1. The van der Waals surface area contributed by atoms with E-state index in [2.05, 4.69) is 5.32 Å². The third kappa shape index (κ3) is 3.41. The minimum atomic E-state index is -0.447. The zero-order valence-electron chi connectivity index (χ0n) is 11.0. The monoisotopic (exact) mass is 315 g/mol. The maximum Gasteiger partial charge on any atom is 0.128 e.